The number of rotatable bonds is 12. The standard InChI is InChI=1S/C24H36F6O3.C24H34F6O3.CH5P.CH4/c2*1-19(2,32)11-6-12-20(3,13-7-15-22(33,23(25,26)27)24(28,29)30)18-10-9-16-17(31)8-5-14-21(16,18)4;1-2;/h16-18,31-33H,5-6,8-14H2,1-4H3;16,18,32-33H,5-6,8-14H2,1-4H3;2H2,1H3;1H4/t16?,17-,18+,20?,21-;16?,18-,20?,21+;;/m01../s1/i;;2D;. The van der Waals surface area contributed by atoms with Crippen LogP contribution >= 0.6 is 9.18 Å². The van der Waals surface area contributed by atoms with E-state index in [2.05, 4.69) is 12.8 Å². The molecule has 4 aliphatic rings. The summed E-state index contributed by atoms with van der Waals surface area (Å²) >= 11 is 0. The molecule has 5 unspecified atom stereocenters. The minimum atomic E-state index is -5.99. The average Bonchev–Trinajstić information content (AvgIpc) is 3.71. The minimum absolute atomic E-state index is 0. The summed E-state index contributed by atoms with van der Waals surface area (Å²) in [5.41, 5.74) is -14.3. The molecule has 4 aliphatic carbocycles. The zero-order valence-electron chi connectivity index (χ0n) is 41.8. The molecule has 0 radical (unpaired) electrons. The van der Waals surface area contributed by atoms with Gasteiger partial charge in [0.05, 0.1) is 18.6 Å². The quantitative estimate of drug-likeness (QED) is 0.0755. The molecule has 0 aromatic heterocycles. The van der Waals surface area contributed by atoms with Gasteiger partial charge in [-0.3, -0.25) is 4.79 Å². The third-order valence-electron chi connectivity index (χ3n) is 15.9. The van der Waals surface area contributed by atoms with Gasteiger partial charge in [-0.05, 0) is 156 Å². The van der Waals surface area contributed by atoms with Crippen molar-refractivity contribution in [2.24, 2.45) is 45.3 Å². The van der Waals surface area contributed by atoms with E-state index in [1.807, 2.05) is 26.4 Å². The van der Waals surface area contributed by atoms with Crippen molar-refractivity contribution in [1.82, 2.24) is 0 Å². The maximum absolute atomic E-state index is 13.1. The highest BCUT2D eigenvalue weighted by Gasteiger charge is 2.71. The summed E-state index contributed by atoms with van der Waals surface area (Å²) < 4.78 is 163. The highest BCUT2D eigenvalue weighted by molar-refractivity contribution is 7.15. The molecule has 10 atom stereocenters. The predicted octanol–water partition coefficient (Wildman–Crippen LogP) is 12.9. The van der Waals surface area contributed by atoms with Crippen LogP contribution in [0.2, 0.25) is 0 Å². The second kappa shape index (κ2) is 23.2. The fraction of sp³-hybridized carbons (Fsp3) is 0.900. The number of hydrogen-bond donors (Lipinski definition) is 5. The van der Waals surface area contributed by atoms with Crippen LogP contribution in [0.3, 0.4) is 0 Å². The van der Waals surface area contributed by atoms with Gasteiger partial charge in [-0.1, -0.05) is 72.9 Å². The van der Waals surface area contributed by atoms with E-state index < -0.39 is 69.5 Å². The van der Waals surface area contributed by atoms with Crippen LogP contribution < -0.4 is 0 Å². The molecule has 0 amide bonds. The molecular weight excluding hydrogens is 955 g/mol. The van der Waals surface area contributed by atoms with Gasteiger partial charge in [0.2, 0.25) is 0 Å². The first kappa shape index (κ1) is 63.3. The molecular formula is C50H79F12O6P. The van der Waals surface area contributed by atoms with E-state index in [0.717, 1.165) is 37.5 Å². The first-order valence-electron chi connectivity index (χ1n) is 23.9. The molecule has 404 valence electrons. The van der Waals surface area contributed by atoms with E-state index in [4.69, 9.17) is 1.28 Å². The first-order valence-corrected chi connectivity index (χ1v) is 24.4. The monoisotopic (exact) mass is 1040 g/mol. The second-order valence-electron chi connectivity index (χ2n) is 22.2. The lowest BCUT2D eigenvalue weighted by Crippen LogP contribution is -2.55. The van der Waals surface area contributed by atoms with Crippen molar-refractivity contribution in [2.75, 3.05) is 6.66 Å². The topological polar surface area (TPSA) is 118 Å². The molecule has 4 fully saturated rings. The van der Waals surface area contributed by atoms with Crippen molar-refractivity contribution in [2.45, 2.75) is 232 Å². The Hall–Kier alpha value is -1.82. The van der Waals surface area contributed by atoms with Crippen molar-refractivity contribution in [1.29, 1.82) is 1.28 Å². The molecule has 0 aromatic carbocycles. The van der Waals surface area contributed by atoms with Gasteiger partial charge in [0.25, 0.3) is 0 Å². The van der Waals surface area contributed by atoms with Gasteiger partial charge in [-0.15, -0.1) is 9.18 Å². The number of alkyl halides is 12. The van der Waals surface area contributed by atoms with Crippen molar-refractivity contribution >= 4 is 15.0 Å². The zero-order valence-corrected chi connectivity index (χ0v) is 41.8. The van der Waals surface area contributed by atoms with Crippen molar-refractivity contribution < 1.29 is 83.0 Å². The number of carbonyl (C=O) groups excluding carboxylic acids is 1. The number of hydrogen-bond acceptors (Lipinski definition) is 6. The largest absolute Gasteiger partial charge is 0.438 e. The van der Waals surface area contributed by atoms with E-state index in [0.29, 0.717) is 86.2 Å². The van der Waals surface area contributed by atoms with Gasteiger partial charge in [-0.25, -0.2) is 0 Å². The van der Waals surface area contributed by atoms with Gasteiger partial charge in [0.1, 0.15) is 5.78 Å². The number of aliphatic hydroxyl groups excluding tert-OH is 1. The van der Waals surface area contributed by atoms with Crippen LogP contribution in [0.25, 0.3) is 0 Å². The lowest BCUT2D eigenvalue weighted by molar-refractivity contribution is -0.344. The molecule has 19 heteroatoms. The molecule has 4 saturated carbocycles. The van der Waals surface area contributed by atoms with E-state index in [1.54, 1.807) is 34.6 Å². The van der Waals surface area contributed by atoms with Gasteiger partial charge in [0, 0.05) is 25.2 Å². The molecule has 0 saturated heterocycles. The zero-order chi connectivity index (χ0) is 53.7. The van der Waals surface area contributed by atoms with Gasteiger partial charge >= 0.3 is 35.9 Å². The summed E-state index contributed by atoms with van der Waals surface area (Å²) in [4.78, 5) is 12.5. The van der Waals surface area contributed by atoms with E-state index in [9.17, 15) is 83.0 Å². The Morgan fingerprint density at radius 3 is 1.35 bits per heavy atom. The minimum Gasteiger partial charge on any atom is -0.393 e. The smallest absolute Gasteiger partial charge is 0.393 e. The predicted molar refractivity (Wildman–Crippen MR) is 245 cm³/mol. The average molecular weight is 1040 g/mol. The third-order valence-corrected chi connectivity index (χ3v) is 15.9. The normalized spacial score (nSPS) is 28.9. The SMILES string of the molecule is C.CC(C)(O)CCCC(C)(CC#CC(O)(C(F)(F)F)C(F)(F)F)[C@H]1CCC2C(=O)CCC[C@@]21C.CC(C)(O)CCCC(C)(CC#CC(O)(C(F)(F)F)C(F)(F)F)[C@H]1CCC2[C@@H](O)CCC[C@@]21C.[2H]PC. The number of fused-ring (bicyclic) bond motifs is 2. The molecule has 6 nitrogen and oxygen atoms in total. The number of aliphatic hydroxyl groups is 5. The Morgan fingerprint density at radius 1 is 0.609 bits per heavy atom. The summed E-state index contributed by atoms with van der Waals surface area (Å²) in [6.45, 7) is 16.0. The maximum atomic E-state index is 13.1. The molecule has 0 spiro atoms. The molecule has 5 N–H and O–H groups in total. The fourth-order valence-corrected chi connectivity index (χ4v) is 12.3. The Balaban J connectivity index is 0.000000654. The Bertz CT molecular complexity index is 1790. The van der Waals surface area contributed by atoms with Crippen molar-refractivity contribution in [3.8, 4) is 23.7 Å². The molecule has 69 heavy (non-hydrogen) atoms. The van der Waals surface area contributed by atoms with E-state index >= 15 is 0 Å². The fourth-order valence-electron chi connectivity index (χ4n) is 12.3. The van der Waals surface area contributed by atoms with Gasteiger partial charge < -0.3 is 25.5 Å². The van der Waals surface area contributed by atoms with Crippen LogP contribution in [0.5, 0.6) is 0 Å². The summed E-state index contributed by atoms with van der Waals surface area (Å²) in [5, 5.41) is 49.5. The Labute approximate surface area is 405 Å². The summed E-state index contributed by atoms with van der Waals surface area (Å²) in [7, 11) is 0.333. The van der Waals surface area contributed by atoms with Crippen molar-refractivity contribution in [3.63, 3.8) is 0 Å². The first-order chi connectivity index (χ1) is 31.0. The Kier molecular flexibility index (Phi) is 21.2. The van der Waals surface area contributed by atoms with Crippen LogP contribution in [0.15, 0.2) is 0 Å². The van der Waals surface area contributed by atoms with Crippen LogP contribution in [0.4, 0.5) is 52.7 Å². The summed E-state index contributed by atoms with van der Waals surface area (Å²) in [6, 6.07) is 0. The third kappa shape index (κ3) is 15.1. The number of Topliss-reactive ketones (excluding diaryl/α,β-unsaturated/α-hetero) is 1. The van der Waals surface area contributed by atoms with Gasteiger partial charge in [0.15, 0.2) is 0 Å². The van der Waals surface area contributed by atoms with Crippen LogP contribution in [-0.4, -0.2) is 92.5 Å². The number of halogens is 12. The Morgan fingerprint density at radius 2 is 0.971 bits per heavy atom. The highest BCUT2D eigenvalue weighted by atomic mass is 31.0. The lowest BCUT2D eigenvalue weighted by atomic mass is 9.56. The second-order valence-corrected chi connectivity index (χ2v) is 22.2. The van der Waals surface area contributed by atoms with Gasteiger partial charge in [-0.2, -0.15) is 52.7 Å². The van der Waals surface area contributed by atoms with E-state index in [-0.39, 0.29) is 55.1 Å². The van der Waals surface area contributed by atoms with E-state index in [1.165, 1.54) is 0 Å². The molecule has 0 aromatic rings. The van der Waals surface area contributed by atoms with Crippen LogP contribution in [0, 0.1) is 69.0 Å². The summed E-state index contributed by atoms with van der Waals surface area (Å²) in [6.07, 6.45) is -15.3. The molecule has 4 rings (SSSR count). The van der Waals surface area contributed by atoms with Crippen LogP contribution in [-0.2, 0) is 4.79 Å². The summed E-state index contributed by atoms with van der Waals surface area (Å²) in [5.74, 6) is 6.15. The highest BCUT2D eigenvalue weighted by Crippen LogP contribution is 2.63. The molecule has 0 heterocycles. The molecule has 0 bridgehead atoms. The van der Waals surface area contributed by atoms with Crippen LogP contribution in [0.1, 0.15) is 178 Å². The lowest BCUT2D eigenvalue weighted by Gasteiger charge is -2.49. The van der Waals surface area contributed by atoms with Crippen molar-refractivity contribution in [3.05, 3.63) is 0 Å². The molecule has 0 aliphatic heterocycles. The maximum Gasteiger partial charge on any atom is 0.438 e. The number of ketones is 1. The number of carbonyl (C=O) groups is 1.